The molecule has 5 heteroatoms. The molecule has 0 radical (unpaired) electrons. The summed E-state index contributed by atoms with van der Waals surface area (Å²) in [6, 6.07) is 4.31. The van der Waals surface area contributed by atoms with Gasteiger partial charge in [0.25, 0.3) is 0 Å². The van der Waals surface area contributed by atoms with E-state index in [-0.39, 0.29) is 5.92 Å². The molecule has 2 aromatic heterocycles. The first-order valence-electron chi connectivity index (χ1n) is 7.14. The average molecular weight is 272 g/mol. The molecule has 106 valence electrons. The van der Waals surface area contributed by atoms with Crippen LogP contribution in [-0.4, -0.2) is 40.8 Å². The summed E-state index contributed by atoms with van der Waals surface area (Å²) < 4.78 is 5.52. The smallest absolute Gasteiger partial charge is 0.164 e. The third kappa shape index (κ3) is 2.33. The van der Waals surface area contributed by atoms with Crippen LogP contribution in [0.15, 0.2) is 18.3 Å². The first-order chi connectivity index (χ1) is 9.66. The van der Waals surface area contributed by atoms with Crippen molar-refractivity contribution in [1.29, 1.82) is 0 Å². The second-order valence-corrected chi connectivity index (χ2v) is 5.55. The van der Waals surface area contributed by atoms with Gasteiger partial charge in [-0.3, -0.25) is 0 Å². The number of ether oxygens (including phenoxy) is 1. The van der Waals surface area contributed by atoms with Crippen molar-refractivity contribution in [2.75, 3.05) is 24.7 Å². The Balaban J connectivity index is 2.16. The highest BCUT2D eigenvalue weighted by Crippen LogP contribution is 2.27. The zero-order valence-electron chi connectivity index (χ0n) is 12.2. The lowest BCUT2D eigenvalue weighted by atomic mass is 10.2. The van der Waals surface area contributed by atoms with Gasteiger partial charge >= 0.3 is 0 Å². The Morgan fingerprint density at radius 3 is 2.95 bits per heavy atom. The van der Waals surface area contributed by atoms with Gasteiger partial charge in [-0.1, -0.05) is 13.8 Å². The van der Waals surface area contributed by atoms with E-state index in [2.05, 4.69) is 35.6 Å². The van der Waals surface area contributed by atoms with Crippen molar-refractivity contribution >= 4 is 16.9 Å². The Morgan fingerprint density at radius 1 is 1.35 bits per heavy atom. The average Bonchev–Trinajstić information content (AvgIpc) is 2.46. The number of pyridine rings is 1. The molecule has 0 bridgehead atoms. The Bertz CT molecular complexity index is 614. The number of anilines is 1. The molecule has 1 aliphatic rings. The number of aromatic nitrogens is 3. The van der Waals surface area contributed by atoms with Crippen LogP contribution in [0.4, 0.5) is 5.82 Å². The Morgan fingerprint density at radius 2 is 2.20 bits per heavy atom. The van der Waals surface area contributed by atoms with E-state index in [1.165, 1.54) is 0 Å². The van der Waals surface area contributed by atoms with E-state index in [1.807, 2.05) is 12.1 Å². The zero-order valence-corrected chi connectivity index (χ0v) is 12.2. The van der Waals surface area contributed by atoms with Gasteiger partial charge in [-0.2, -0.15) is 0 Å². The first-order valence-corrected chi connectivity index (χ1v) is 7.14. The van der Waals surface area contributed by atoms with Crippen molar-refractivity contribution in [3.63, 3.8) is 0 Å². The summed E-state index contributed by atoms with van der Waals surface area (Å²) in [5.74, 6) is 2.13. The highest BCUT2D eigenvalue weighted by Gasteiger charge is 2.23. The molecule has 1 atom stereocenters. The van der Waals surface area contributed by atoms with Crippen LogP contribution in [0.3, 0.4) is 0 Å². The molecule has 20 heavy (non-hydrogen) atoms. The van der Waals surface area contributed by atoms with Gasteiger partial charge in [0, 0.05) is 18.7 Å². The molecule has 0 unspecified atom stereocenters. The summed E-state index contributed by atoms with van der Waals surface area (Å²) in [7, 11) is 0. The van der Waals surface area contributed by atoms with Crippen LogP contribution in [0.1, 0.15) is 32.5 Å². The summed E-state index contributed by atoms with van der Waals surface area (Å²) in [6.45, 7) is 8.72. The molecule has 0 saturated carbocycles. The van der Waals surface area contributed by atoms with Crippen molar-refractivity contribution in [3.05, 3.63) is 24.2 Å². The van der Waals surface area contributed by atoms with Crippen molar-refractivity contribution in [2.24, 2.45) is 0 Å². The van der Waals surface area contributed by atoms with Gasteiger partial charge in [-0.05, 0) is 19.1 Å². The molecule has 3 rings (SSSR count). The van der Waals surface area contributed by atoms with E-state index in [9.17, 15) is 0 Å². The number of fused-ring (bicyclic) bond motifs is 1. The zero-order chi connectivity index (χ0) is 14.1. The molecule has 0 aromatic carbocycles. The largest absolute Gasteiger partial charge is 0.377 e. The number of rotatable bonds is 2. The molecule has 1 saturated heterocycles. The minimum Gasteiger partial charge on any atom is -0.377 e. The van der Waals surface area contributed by atoms with Gasteiger partial charge in [0.2, 0.25) is 0 Å². The minimum absolute atomic E-state index is 0.288. The van der Waals surface area contributed by atoms with Gasteiger partial charge in [0.15, 0.2) is 5.65 Å². The van der Waals surface area contributed by atoms with Crippen molar-refractivity contribution in [2.45, 2.75) is 32.7 Å². The first kappa shape index (κ1) is 13.2. The maximum Gasteiger partial charge on any atom is 0.164 e. The molecule has 0 spiro atoms. The van der Waals surface area contributed by atoms with E-state index in [0.717, 1.165) is 42.4 Å². The molecule has 2 aromatic rings. The fraction of sp³-hybridized carbons (Fsp3) is 0.533. The van der Waals surface area contributed by atoms with E-state index in [1.54, 1.807) is 6.20 Å². The van der Waals surface area contributed by atoms with Crippen molar-refractivity contribution < 1.29 is 4.74 Å². The van der Waals surface area contributed by atoms with Gasteiger partial charge in [-0.15, -0.1) is 0 Å². The molecule has 0 aliphatic carbocycles. The van der Waals surface area contributed by atoms with Gasteiger partial charge in [0.1, 0.15) is 11.6 Å². The van der Waals surface area contributed by atoms with E-state index >= 15 is 0 Å². The van der Waals surface area contributed by atoms with Gasteiger partial charge in [0.05, 0.1) is 24.6 Å². The van der Waals surface area contributed by atoms with Crippen LogP contribution in [-0.2, 0) is 4.74 Å². The maximum absolute atomic E-state index is 5.52. The fourth-order valence-corrected chi connectivity index (χ4v) is 2.48. The fourth-order valence-electron chi connectivity index (χ4n) is 2.48. The standard InChI is InChI=1S/C15H20N4O/c1-10(2)13-17-14-12(5-4-6-16-14)15(18-13)19-7-8-20-9-11(19)3/h4-6,10-11H,7-9H2,1-3H3/t11-/m0/s1. The number of morpholine rings is 1. The highest BCUT2D eigenvalue weighted by atomic mass is 16.5. The molecular formula is C15H20N4O. The molecule has 3 heterocycles. The topological polar surface area (TPSA) is 51.1 Å². The summed E-state index contributed by atoms with van der Waals surface area (Å²) in [4.78, 5) is 16.1. The van der Waals surface area contributed by atoms with Crippen LogP contribution >= 0.6 is 0 Å². The number of hydrogen-bond acceptors (Lipinski definition) is 5. The summed E-state index contributed by atoms with van der Waals surface area (Å²) in [5.41, 5.74) is 0.778. The third-order valence-electron chi connectivity index (χ3n) is 3.62. The van der Waals surface area contributed by atoms with Gasteiger partial charge < -0.3 is 9.64 Å². The van der Waals surface area contributed by atoms with Crippen molar-refractivity contribution in [3.8, 4) is 0 Å². The second-order valence-electron chi connectivity index (χ2n) is 5.55. The quantitative estimate of drug-likeness (QED) is 0.840. The molecule has 0 N–H and O–H groups in total. The summed E-state index contributed by atoms with van der Waals surface area (Å²) >= 11 is 0. The number of nitrogens with zero attached hydrogens (tertiary/aromatic N) is 4. The predicted octanol–water partition coefficient (Wildman–Crippen LogP) is 2.37. The summed E-state index contributed by atoms with van der Waals surface area (Å²) in [6.07, 6.45) is 1.78. The highest BCUT2D eigenvalue weighted by molar-refractivity contribution is 5.87. The van der Waals surface area contributed by atoms with Crippen LogP contribution in [0.5, 0.6) is 0 Å². The summed E-state index contributed by atoms with van der Waals surface area (Å²) in [5, 5.41) is 1.02. The van der Waals surface area contributed by atoms with Gasteiger partial charge in [-0.25, -0.2) is 15.0 Å². The minimum atomic E-state index is 0.288. The lowest BCUT2D eigenvalue weighted by molar-refractivity contribution is 0.0986. The molecule has 1 aliphatic heterocycles. The van der Waals surface area contributed by atoms with E-state index in [0.29, 0.717) is 6.04 Å². The molecule has 5 nitrogen and oxygen atoms in total. The van der Waals surface area contributed by atoms with Crippen LogP contribution in [0.2, 0.25) is 0 Å². The number of hydrogen-bond donors (Lipinski definition) is 0. The monoisotopic (exact) mass is 272 g/mol. The Kier molecular flexibility index (Phi) is 3.53. The lowest BCUT2D eigenvalue weighted by Crippen LogP contribution is -2.44. The normalized spacial score (nSPS) is 19.8. The van der Waals surface area contributed by atoms with E-state index < -0.39 is 0 Å². The SMILES string of the molecule is CC(C)c1nc(N2CCOC[C@@H]2C)c2cccnc2n1. The van der Waals surface area contributed by atoms with E-state index in [4.69, 9.17) is 9.72 Å². The Hall–Kier alpha value is -1.75. The maximum atomic E-state index is 5.52. The third-order valence-corrected chi connectivity index (χ3v) is 3.62. The second kappa shape index (κ2) is 5.32. The van der Waals surface area contributed by atoms with Crippen molar-refractivity contribution in [1.82, 2.24) is 15.0 Å². The lowest BCUT2D eigenvalue weighted by Gasteiger charge is -2.35. The van der Waals surface area contributed by atoms with Crippen LogP contribution in [0, 0.1) is 0 Å². The molecule has 0 amide bonds. The van der Waals surface area contributed by atoms with Crippen LogP contribution in [0.25, 0.3) is 11.0 Å². The van der Waals surface area contributed by atoms with Crippen LogP contribution < -0.4 is 4.90 Å². The Labute approximate surface area is 119 Å². The predicted molar refractivity (Wildman–Crippen MR) is 79.0 cm³/mol. The molecule has 1 fully saturated rings. The molecular weight excluding hydrogens is 252 g/mol.